The maximum atomic E-state index is 13.1. The van der Waals surface area contributed by atoms with Gasteiger partial charge >= 0.3 is 18.2 Å². The summed E-state index contributed by atoms with van der Waals surface area (Å²) in [6.07, 6.45) is -5.62. The van der Waals surface area contributed by atoms with E-state index in [4.69, 9.17) is 5.11 Å². The van der Waals surface area contributed by atoms with Gasteiger partial charge in [-0.2, -0.15) is 13.2 Å². The molecule has 0 aliphatic carbocycles. The van der Waals surface area contributed by atoms with Gasteiger partial charge in [0.1, 0.15) is 5.82 Å². The Bertz CT molecular complexity index is 546. The zero-order chi connectivity index (χ0) is 16.2. The summed E-state index contributed by atoms with van der Waals surface area (Å²) < 4.78 is 49.4. The molecule has 2 amide bonds. The molecule has 21 heavy (non-hydrogen) atoms. The van der Waals surface area contributed by atoms with Crippen LogP contribution >= 0.6 is 0 Å². The number of nitrogens with one attached hydrogen (secondary N) is 2. The minimum atomic E-state index is -4.42. The SMILES string of the molecule is CC(CC(F)(F)F)NC(=O)Nc1ccc(F)c(C(=O)O)c1. The van der Waals surface area contributed by atoms with E-state index in [1.807, 2.05) is 5.32 Å². The number of hydrogen-bond acceptors (Lipinski definition) is 2. The summed E-state index contributed by atoms with van der Waals surface area (Å²) in [7, 11) is 0. The molecule has 0 radical (unpaired) electrons. The van der Waals surface area contributed by atoms with E-state index in [0.29, 0.717) is 0 Å². The molecule has 1 aromatic rings. The number of carboxylic acid groups (broad SMARTS) is 1. The molecule has 0 heterocycles. The highest BCUT2D eigenvalue weighted by Crippen LogP contribution is 2.21. The van der Waals surface area contributed by atoms with Gasteiger partial charge in [0, 0.05) is 11.7 Å². The first kappa shape index (κ1) is 16.7. The molecular weight excluding hydrogens is 296 g/mol. The van der Waals surface area contributed by atoms with Crippen LogP contribution in [0.15, 0.2) is 18.2 Å². The number of hydrogen-bond donors (Lipinski definition) is 3. The first-order valence-electron chi connectivity index (χ1n) is 5.75. The van der Waals surface area contributed by atoms with Crippen molar-refractivity contribution in [3.63, 3.8) is 0 Å². The second-order valence-electron chi connectivity index (χ2n) is 4.32. The van der Waals surface area contributed by atoms with Gasteiger partial charge in [0.2, 0.25) is 0 Å². The number of urea groups is 1. The molecule has 3 N–H and O–H groups in total. The van der Waals surface area contributed by atoms with Gasteiger partial charge in [0.15, 0.2) is 0 Å². The normalized spacial score (nSPS) is 12.6. The molecular formula is C12H12F4N2O3. The van der Waals surface area contributed by atoms with E-state index in [1.54, 1.807) is 0 Å². The van der Waals surface area contributed by atoms with E-state index in [2.05, 4.69) is 5.32 Å². The van der Waals surface area contributed by atoms with Crippen LogP contribution in [0.5, 0.6) is 0 Å². The lowest BCUT2D eigenvalue weighted by molar-refractivity contribution is -0.138. The molecule has 0 fully saturated rings. The number of carbonyl (C=O) groups excluding carboxylic acids is 1. The van der Waals surface area contributed by atoms with E-state index in [0.717, 1.165) is 18.2 Å². The van der Waals surface area contributed by atoms with Gasteiger partial charge in [0.05, 0.1) is 12.0 Å². The molecule has 0 bridgehead atoms. The molecule has 0 saturated heterocycles. The van der Waals surface area contributed by atoms with Crippen LogP contribution in [-0.4, -0.2) is 29.3 Å². The Morgan fingerprint density at radius 3 is 2.48 bits per heavy atom. The molecule has 5 nitrogen and oxygen atoms in total. The third kappa shape index (κ3) is 5.67. The Balaban J connectivity index is 2.67. The number of carboxylic acids is 1. The van der Waals surface area contributed by atoms with E-state index in [9.17, 15) is 27.2 Å². The van der Waals surface area contributed by atoms with E-state index >= 15 is 0 Å². The van der Waals surface area contributed by atoms with Gasteiger partial charge in [-0.3, -0.25) is 0 Å². The highest BCUT2D eigenvalue weighted by molar-refractivity contribution is 5.93. The summed E-state index contributed by atoms with van der Waals surface area (Å²) in [5.74, 6) is -2.51. The van der Waals surface area contributed by atoms with Crippen molar-refractivity contribution in [2.45, 2.75) is 25.6 Å². The first-order chi connectivity index (χ1) is 9.58. The van der Waals surface area contributed by atoms with Crippen LogP contribution in [-0.2, 0) is 0 Å². The van der Waals surface area contributed by atoms with Crippen LogP contribution in [0.3, 0.4) is 0 Å². The number of carbonyl (C=O) groups is 2. The maximum absolute atomic E-state index is 13.1. The number of anilines is 1. The third-order valence-corrected chi connectivity index (χ3v) is 2.37. The summed E-state index contributed by atoms with van der Waals surface area (Å²) >= 11 is 0. The van der Waals surface area contributed by atoms with Gasteiger partial charge in [-0.15, -0.1) is 0 Å². The van der Waals surface area contributed by atoms with Crippen LogP contribution in [0.2, 0.25) is 0 Å². The number of rotatable bonds is 4. The fourth-order valence-electron chi connectivity index (χ4n) is 1.56. The lowest BCUT2D eigenvalue weighted by Gasteiger charge is -2.16. The zero-order valence-electron chi connectivity index (χ0n) is 10.8. The van der Waals surface area contributed by atoms with Gasteiger partial charge < -0.3 is 15.7 Å². The van der Waals surface area contributed by atoms with Crippen molar-refractivity contribution in [1.29, 1.82) is 0 Å². The van der Waals surface area contributed by atoms with E-state index in [1.165, 1.54) is 6.92 Å². The van der Waals surface area contributed by atoms with Crippen molar-refractivity contribution in [3.05, 3.63) is 29.6 Å². The molecule has 0 spiro atoms. The maximum Gasteiger partial charge on any atom is 0.391 e. The molecule has 0 aliphatic rings. The Morgan fingerprint density at radius 2 is 1.95 bits per heavy atom. The fraction of sp³-hybridized carbons (Fsp3) is 0.333. The summed E-state index contributed by atoms with van der Waals surface area (Å²) in [4.78, 5) is 22.1. The van der Waals surface area contributed by atoms with E-state index in [-0.39, 0.29) is 5.69 Å². The quantitative estimate of drug-likeness (QED) is 0.748. The number of aromatic carboxylic acids is 1. The standard InChI is InChI=1S/C12H12F4N2O3/c1-6(5-12(14,15)16)17-11(21)18-7-2-3-9(13)8(4-7)10(19)20/h2-4,6H,5H2,1H3,(H,19,20)(H2,17,18,21). The van der Waals surface area contributed by atoms with E-state index < -0.39 is 42.0 Å². The number of halogens is 4. The molecule has 1 aromatic carbocycles. The molecule has 0 aromatic heterocycles. The van der Waals surface area contributed by atoms with Gasteiger partial charge in [-0.1, -0.05) is 0 Å². The predicted molar refractivity (Wildman–Crippen MR) is 65.6 cm³/mol. The largest absolute Gasteiger partial charge is 0.478 e. The summed E-state index contributed by atoms with van der Waals surface area (Å²) in [5.41, 5.74) is -0.707. The Morgan fingerprint density at radius 1 is 1.33 bits per heavy atom. The highest BCUT2D eigenvalue weighted by atomic mass is 19.4. The van der Waals surface area contributed by atoms with Crippen molar-refractivity contribution < 1.29 is 32.3 Å². The van der Waals surface area contributed by atoms with Gasteiger partial charge in [-0.05, 0) is 25.1 Å². The van der Waals surface area contributed by atoms with Crippen LogP contribution in [0, 0.1) is 5.82 Å². The molecule has 116 valence electrons. The summed E-state index contributed by atoms with van der Waals surface area (Å²) in [5, 5.41) is 12.9. The molecule has 1 rings (SSSR count). The summed E-state index contributed by atoms with van der Waals surface area (Å²) in [6, 6.07) is 0.679. The predicted octanol–water partition coefficient (Wildman–Crippen LogP) is 2.99. The van der Waals surface area contributed by atoms with Crippen molar-refractivity contribution in [2.24, 2.45) is 0 Å². The monoisotopic (exact) mass is 308 g/mol. The zero-order valence-corrected chi connectivity index (χ0v) is 10.8. The third-order valence-electron chi connectivity index (χ3n) is 2.37. The minimum Gasteiger partial charge on any atom is -0.478 e. The van der Waals surface area contributed by atoms with Crippen molar-refractivity contribution in [2.75, 3.05) is 5.32 Å². The fourth-order valence-corrected chi connectivity index (χ4v) is 1.56. The molecule has 0 saturated carbocycles. The second-order valence-corrected chi connectivity index (χ2v) is 4.32. The van der Waals surface area contributed by atoms with Gasteiger partial charge in [-0.25, -0.2) is 14.0 Å². The number of amides is 2. The minimum absolute atomic E-state index is 0.0505. The van der Waals surface area contributed by atoms with Crippen LogP contribution in [0.25, 0.3) is 0 Å². The molecule has 1 unspecified atom stereocenters. The molecule has 9 heteroatoms. The average molecular weight is 308 g/mol. The van der Waals surface area contributed by atoms with Crippen LogP contribution < -0.4 is 10.6 Å². The van der Waals surface area contributed by atoms with Crippen LogP contribution in [0.1, 0.15) is 23.7 Å². The Kier molecular flexibility index (Phi) is 5.12. The lowest BCUT2D eigenvalue weighted by atomic mass is 10.2. The average Bonchev–Trinajstić information content (AvgIpc) is 2.28. The van der Waals surface area contributed by atoms with Crippen molar-refractivity contribution in [1.82, 2.24) is 5.32 Å². The topological polar surface area (TPSA) is 78.4 Å². The van der Waals surface area contributed by atoms with Crippen molar-refractivity contribution in [3.8, 4) is 0 Å². The second kappa shape index (κ2) is 6.42. The molecule has 0 aliphatic heterocycles. The smallest absolute Gasteiger partial charge is 0.391 e. The van der Waals surface area contributed by atoms with Crippen molar-refractivity contribution >= 4 is 17.7 Å². The van der Waals surface area contributed by atoms with Crippen LogP contribution in [0.4, 0.5) is 28.0 Å². The Hall–Kier alpha value is -2.32. The Labute approximate surface area is 117 Å². The summed E-state index contributed by atoms with van der Waals surface area (Å²) in [6.45, 7) is 1.17. The first-order valence-corrected chi connectivity index (χ1v) is 5.75. The highest BCUT2D eigenvalue weighted by Gasteiger charge is 2.30. The number of benzene rings is 1. The van der Waals surface area contributed by atoms with Gasteiger partial charge in [0.25, 0.3) is 0 Å². The lowest BCUT2D eigenvalue weighted by Crippen LogP contribution is -2.38. The molecule has 1 atom stereocenters. The number of alkyl halides is 3.